The predicted octanol–water partition coefficient (Wildman–Crippen LogP) is 1.59. The van der Waals surface area contributed by atoms with Gasteiger partial charge in [-0.3, -0.25) is 0 Å². The van der Waals surface area contributed by atoms with Crippen LogP contribution in [0.2, 0.25) is 0 Å². The lowest BCUT2D eigenvalue weighted by atomic mass is 9.76. The number of aromatic nitrogens is 2. The number of carbonyl (C=O) groups excluding carboxylic acids is 1. The molecule has 0 fully saturated rings. The molecule has 0 bridgehead atoms. The van der Waals surface area contributed by atoms with Crippen LogP contribution in [0, 0.1) is 0 Å². The molecule has 0 spiro atoms. The van der Waals surface area contributed by atoms with E-state index in [2.05, 4.69) is 20.8 Å². The van der Waals surface area contributed by atoms with Crippen LogP contribution in [0.3, 0.4) is 0 Å². The van der Waals surface area contributed by atoms with Crippen LogP contribution in [-0.4, -0.2) is 40.3 Å². The number of methoxy groups -OCH3 is 1. The van der Waals surface area contributed by atoms with Crippen LogP contribution in [0.1, 0.15) is 28.3 Å². The molecule has 1 aromatic carbocycles. The molecule has 2 heterocycles. The number of nitrogens with zero attached hydrogens (tertiary/aromatic N) is 3. The van der Waals surface area contributed by atoms with Crippen molar-refractivity contribution in [1.82, 2.24) is 9.78 Å². The van der Waals surface area contributed by atoms with Gasteiger partial charge in [0.2, 0.25) is 5.88 Å². The molecule has 9 nitrogen and oxygen atoms in total. The van der Waals surface area contributed by atoms with Crippen molar-refractivity contribution in [2.75, 3.05) is 25.6 Å². The molecule has 28 heavy (non-hydrogen) atoms. The molecule has 2 atom stereocenters. The number of hydrogen-bond acceptors (Lipinski definition) is 5. The first-order chi connectivity index (χ1) is 13.5. The highest BCUT2D eigenvalue weighted by Gasteiger charge is 2.32. The Hall–Kier alpha value is -2.43. The average molecular weight is 403 g/mol. The van der Waals surface area contributed by atoms with Gasteiger partial charge < -0.3 is 14.8 Å². The fourth-order valence-electron chi connectivity index (χ4n) is 4.01. The maximum atomic E-state index is 13.0. The highest BCUT2D eigenvalue weighted by atomic mass is 32.2. The van der Waals surface area contributed by atoms with Gasteiger partial charge in [-0.1, -0.05) is 6.07 Å². The lowest BCUT2D eigenvalue weighted by Gasteiger charge is -2.31. The maximum absolute atomic E-state index is 13.0. The van der Waals surface area contributed by atoms with E-state index in [1.54, 1.807) is 11.8 Å². The maximum Gasteiger partial charge on any atom is 0.354 e. The molecule has 3 N–H and O–H groups in total. The number of urea groups is 1. The fourth-order valence-corrected chi connectivity index (χ4v) is 5.00. The van der Waals surface area contributed by atoms with E-state index in [0.717, 1.165) is 42.5 Å². The van der Waals surface area contributed by atoms with E-state index in [1.165, 1.54) is 17.3 Å². The van der Waals surface area contributed by atoms with Crippen LogP contribution >= 0.6 is 0 Å². The molecule has 5 rings (SSSR count). The Morgan fingerprint density at radius 3 is 2.71 bits per heavy atom. The number of nitrogens with two attached hydrogens (primary N) is 1. The van der Waals surface area contributed by atoms with E-state index in [0.29, 0.717) is 13.2 Å². The molecule has 0 radical (unpaired) electrons. The highest BCUT2D eigenvalue weighted by Crippen LogP contribution is 2.41. The SMILES string of the molecule is COC[C@@H]1COc2c(S(N)(=O)=NC(=O)Nc3c4c(cc5c3CC5)CC4)cnn21. The van der Waals surface area contributed by atoms with Crippen molar-refractivity contribution >= 4 is 21.6 Å². The molecule has 0 saturated heterocycles. The van der Waals surface area contributed by atoms with E-state index < -0.39 is 15.9 Å². The molecule has 148 valence electrons. The molecule has 1 unspecified atom stereocenters. The van der Waals surface area contributed by atoms with Gasteiger partial charge in [-0.05, 0) is 47.9 Å². The summed E-state index contributed by atoms with van der Waals surface area (Å²) in [5.41, 5.74) is 5.68. The number of aryl methyl sites for hydroxylation is 2. The van der Waals surface area contributed by atoms with Crippen molar-refractivity contribution in [3.8, 4) is 5.88 Å². The van der Waals surface area contributed by atoms with Crippen molar-refractivity contribution in [2.24, 2.45) is 9.50 Å². The fraction of sp³-hybridized carbons (Fsp3) is 0.444. The lowest BCUT2D eigenvalue weighted by Crippen LogP contribution is -2.24. The first-order valence-corrected chi connectivity index (χ1v) is 10.8. The molecule has 0 saturated carbocycles. The Kier molecular flexibility index (Phi) is 3.97. The Morgan fingerprint density at radius 2 is 2.11 bits per heavy atom. The summed E-state index contributed by atoms with van der Waals surface area (Å²) in [6.45, 7) is 0.746. The molecule has 10 heteroatoms. The van der Waals surface area contributed by atoms with Crippen LogP contribution in [0.4, 0.5) is 10.5 Å². The molecule has 2 aliphatic carbocycles. The molecule has 2 amide bonds. The third kappa shape index (κ3) is 2.63. The molecule has 3 aliphatic rings. The van der Waals surface area contributed by atoms with Gasteiger partial charge in [0, 0.05) is 12.8 Å². The van der Waals surface area contributed by atoms with Crippen molar-refractivity contribution < 1.29 is 18.5 Å². The number of nitrogens with one attached hydrogen (secondary N) is 1. The quantitative estimate of drug-likeness (QED) is 0.803. The highest BCUT2D eigenvalue weighted by molar-refractivity contribution is 7.91. The molecule has 1 aromatic heterocycles. The summed E-state index contributed by atoms with van der Waals surface area (Å²) >= 11 is 0. The van der Waals surface area contributed by atoms with Crippen molar-refractivity contribution in [3.05, 3.63) is 34.5 Å². The standard InChI is InChI=1S/C18H21N5O4S/c1-26-8-12-9-27-17-15(7-20-23(12)17)28(19,25)22-18(24)21-16-13-4-2-10(13)6-11-3-5-14(11)16/h6-7,12H,2-5,8-9H2,1H3,(H3,19,21,22,24,25)/t12-,28?/m1/s1. The Balaban J connectivity index is 1.43. The summed E-state index contributed by atoms with van der Waals surface area (Å²) in [7, 11) is -1.91. The minimum absolute atomic E-state index is 0.121. The zero-order valence-corrected chi connectivity index (χ0v) is 16.3. The monoisotopic (exact) mass is 403 g/mol. The van der Waals surface area contributed by atoms with Gasteiger partial charge in [0.05, 0.1) is 12.8 Å². The van der Waals surface area contributed by atoms with Gasteiger partial charge in [-0.15, -0.1) is 4.36 Å². The van der Waals surface area contributed by atoms with Gasteiger partial charge in [-0.2, -0.15) is 5.10 Å². The number of benzene rings is 1. The van der Waals surface area contributed by atoms with Crippen molar-refractivity contribution in [3.63, 3.8) is 0 Å². The van der Waals surface area contributed by atoms with Gasteiger partial charge in [0.1, 0.15) is 17.5 Å². The molecular weight excluding hydrogens is 382 g/mol. The first-order valence-electron chi connectivity index (χ1n) is 9.19. The summed E-state index contributed by atoms with van der Waals surface area (Å²) in [5.74, 6) is 0.277. The second kappa shape index (κ2) is 6.29. The third-order valence-corrected chi connectivity index (χ3v) is 6.96. The summed E-state index contributed by atoms with van der Waals surface area (Å²) in [4.78, 5) is 12.7. The second-order valence-corrected chi connectivity index (χ2v) is 9.06. The van der Waals surface area contributed by atoms with Gasteiger partial charge in [0.25, 0.3) is 0 Å². The number of fused-ring (bicyclic) bond motifs is 3. The first kappa shape index (κ1) is 17.7. The lowest BCUT2D eigenvalue weighted by molar-refractivity contribution is 0.145. The summed E-state index contributed by atoms with van der Waals surface area (Å²) < 4.78 is 29.0. The third-order valence-electron chi connectivity index (χ3n) is 5.62. The van der Waals surface area contributed by atoms with Crippen LogP contribution in [0.25, 0.3) is 0 Å². The largest absolute Gasteiger partial charge is 0.475 e. The van der Waals surface area contributed by atoms with Gasteiger partial charge >= 0.3 is 6.03 Å². The number of hydrogen-bond donors (Lipinski definition) is 2. The molecule has 2 aromatic rings. The molecular formula is C18H21N5O4S. The normalized spacial score (nSPS) is 20.6. The van der Waals surface area contributed by atoms with Crippen molar-refractivity contribution in [2.45, 2.75) is 36.6 Å². The van der Waals surface area contributed by atoms with Crippen LogP contribution in [0.15, 0.2) is 21.5 Å². The summed E-state index contributed by atoms with van der Waals surface area (Å²) in [5, 5.41) is 12.9. The zero-order valence-electron chi connectivity index (χ0n) is 15.4. The van der Waals surface area contributed by atoms with Crippen LogP contribution in [0.5, 0.6) is 5.88 Å². The minimum Gasteiger partial charge on any atom is -0.475 e. The van der Waals surface area contributed by atoms with Crippen LogP contribution < -0.4 is 15.2 Å². The predicted molar refractivity (Wildman–Crippen MR) is 102 cm³/mol. The zero-order chi connectivity index (χ0) is 19.5. The van der Waals surface area contributed by atoms with Gasteiger partial charge in [0.15, 0.2) is 9.92 Å². The minimum atomic E-state index is -3.50. The smallest absolute Gasteiger partial charge is 0.354 e. The Bertz CT molecular complexity index is 1090. The van der Waals surface area contributed by atoms with E-state index in [9.17, 15) is 9.00 Å². The topological polar surface area (TPSA) is 121 Å². The number of rotatable bonds is 4. The summed E-state index contributed by atoms with van der Waals surface area (Å²) in [6, 6.07) is 1.38. The summed E-state index contributed by atoms with van der Waals surface area (Å²) in [6.07, 6.45) is 5.26. The average Bonchev–Trinajstić information content (AvgIpc) is 3.15. The number of anilines is 1. The Morgan fingerprint density at radius 1 is 1.39 bits per heavy atom. The number of carbonyl (C=O) groups is 1. The van der Waals surface area contributed by atoms with Gasteiger partial charge in [-0.25, -0.2) is 18.8 Å². The number of ether oxygens (including phenoxy) is 2. The van der Waals surface area contributed by atoms with Crippen LogP contribution in [-0.2, 0) is 40.3 Å². The second-order valence-electron chi connectivity index (χ2n) is 7.30. The van der Waals surface area contributed by atoms with E-state index in [1.807, 2.05) is 0 Å². The van der Waals surface area contributed by atoms with E-state index >= 15 is 0 Å². The van der Waals surface area contributed by atoms with E-state index in [4.69, 9.17) is 14.6 Å². The molecule has 1 aliphatic heterocycles. The Labute approximate surface area is 162 Å². The van der Waals surface area contributed by atoms with Crippen molar-refractivity contribution in [1.29, 1.82) is 0 Å². The van der Waals surface area contributed by atoms with E-state index in [-0.39, 0.29) is 16.8 Å². The number of amides is 2.